The lowest BCUT2D eigenvalue weighted by molar-refractivity contribution is 0.0474. The predicted molar refractivity (Wildman–Crippen MR) is 143 cm³/mol. The van der Waals surface area contributed by atoms with Crippen LogP contribution in [0.5, 0.6) is 0 Å². The third-order valence-corrected chi connectivity index (χ3v) is 9.18. The number of esters is 1. The number of rotatable bonds is 7. The highest BCUT2D eigenvalue weighted by molar-refractivity contribution is 7.92. The van der Waals surface area contributed by atoms with Gasteiger partial charge in [-0.1, -0.05) is 67.8 Å². The highest BCUT2D eigenvalue weighted by Crippen LogP contribution is 2.33. The van der Waals surface area contributed by atoms with E-state index >= 15 is 0 Å². The van der Waals surface area contributed by atoms with Crippen LogP contribution < -0.4 is 4.31 Å². The summed E-state index contributed by atoms with van der Waals surface area (Å²) in [4.78, 5) is 25.4. The van der Waals surface area contributed by atoms with E-state index < -0.39 is 22.6 Å². The van der Waals surface area contributed by atoms with Gasteiger partial charge in [-0.15, -0.1) is 0 Å². The topological polar surface area (TPSA) is 80.8 Å². The number of hydrogen-bond acceptors (Lipinski definition) is 5. The van der Waals surface area contributed by atoms with Gasteiger partial charge in [-0.2, -0.15) is 0 Å². The smallest absolute Gasteiger partial charge is 0.338 e. The third-order valence-electron chi connectivity index (χ3n) is 7.37. The number of fused-ring (bicyclic) bond motifs is 1. The molecule has 1 heterocycles. The van der Waals surface area contributed by atoms with Crippen molar-refractivity contribution in [1.29, 1.82) is 0 Å². The molecular weight excluding hydrogens is 486 g/mol. The van der Waals surface area contributed by atoms with Crippen molar-refractivity contribution in [2.24, 2.45) is 0 Å². The Morgan fingerprint density at radius 3 is 2.38 bits per heavy atom. The number of carbonyl (C=O) groups is 2. The molecule has 0 saturated heterocycles. The van der Waals surface area contributed by atoms with Gasteiger partial charge in [0.1, 0.15) is 0 Å². The lowest BCUT2D eigenvalue weighted by Gasteiger charge is -2.30. The fourth-order valence-corrected chi connectivity index (χ4v) is 6.92. The Kier molecular flexibility index (Phi) is 7.42. The van der Waals surface area contributed by atoms with Crippen molar-refractivity contribution in [2.75, 3.05) is 17.5 Å². The molecule has 0 atom stereocenters. The van der Waals surface area contributed by atoms with Crippen LogP contribution in [0.25, 0.3) is 0 Å². The second-order valence-electron chi connectivity index (χ2n) is 9.79. The maximum Gasteiger partial charge on any atom is 0.338 e. The van der Waals surface area contributed by atoms with Gasteiger partial charge in [0, 0.05) is 12.1 Å². The molecule has 0 aromatic heterocycles. The minimum Gasteiger partial charge on any atom is -0.454 e. The SMILES string of the molecule is O=C(COC(=O)c1cccc(S(=O)(=O)N2CCCc3ccccc32)c1)c1ccc(C2CCCCC2)cc1. The maximum atomic E-state index is 13.4. The average Bonchev–Trinajstić information content (AvgIpc) is 2.96. The summed E-state index contributed by atoms with van der Waals surface area (Å²) in [5.74, 6) is -0.474. The first-order chi connectivity index (χ1) is 17.9. The number of anilines is 1. The van der Waals surface area contributed by atoms with Crippen LogP contribution in [0.3, 0.4) is 0 Å². The largest absolute Gasteiger partial charge is 0.454 e. The van der Waals surface area contributed by atoms with Gasteiger partial charge in [0.15, 0.2) is 12.4 Å². The van der Waals surface area contributed by atoms with Crippen molar-refractivity contribution < 1.29 is 22.7 Å². The molecule has 0 radical (unpaired) electrons. The summed E-state index contributed by atoms with van der Waals surface area (Å²) in [7, 11) is -3.86. The highest BCUT2D eigenvalue weighted by atomic mass is 32.2. The van der Waals surface area contributed by atoms with E-state index in [0.717, 1.165) is 18.4 Å². The van der Waals surface area contributed by atoms with Crippen LogP contribution in [0.4, 0.5) is 5.69 Å². The molecule has 7 heteroatoms. The molecule has 1 saturated carbocycles. The molecular formula is C30H31NO5S. The number of ketones is 1. The van der Waals surface area contributed by atoms with Crippen LogP contribution in [0.15, 0.2) is 77.7 Å². The van der Waals surface area contributed by atoms with Gasteiger partial charge >= 0.3 is 5.97 Å². The molecule has 0 amide bonds. The number of sulfonamides is 1. The van der Waals surface area contributed by atoms with Gasteiger partial charge in [-0.05, 0) is 67.0 Å². The van der Waals surface area contributed by atoms with E-state index in [0.29, 0.717) is 23.7 Å². The summed E-state index contributed by atoms with van der Waals surface area (Å²) in [6, 6.07) is 20.9. The predicted octanol–water partition coefficient (Wildman–Crippen LogP) is 5.92. The summed E-state index contributed by atoms with van der Waals surface area (Å²) in [6.07, 6.45) is 7.70. The zero-order chi connectivity index (χ0) is 25.8. The van der Waals surface area contributed by atoms with Gasteiger partial charge in [0.25, 0.3) is 10.0 Å². The first-order valence-electron chi connectivity index (χ1n) is 12.9. The number of hydrogen-bond donors (Lipinski definition) is 0. The summed E-state index contributed by atoms with van der Waals surface area (Å²) in [5, 5.41) is 0. The molecule has 6 nitrogen and oxygen atoms in total. The summed E-state index contributed by atoms with van der Waals surface area (Å²) >= 11 is 0. The number of aryl methyl sites for hydroxylation is 1. The minimum atomic E-state index is -3.86. The van der Waals surface area contributed by atoms with E-state index in [1.54, 1.807) is 18.2 Å². The van der Waals surface area contributed by atoms with Crippen molar-refractivity contribution in [2.45, 2.75) is 55.8 Å². The second-order valence-corrected chi connectivity index (χ2v) is 11.7. The Morgan fingerprint density at radius 2 is 1.59 bits per heavy atom. The van der Waals surface area contributed by atoms with Crippen LogP contribution in [-0.2, 0) is 21.2 Å². The Bertz CT molecular complexity index is 1390. The number of ether oxygens (including phenoxy) is 1. The Labute approximate surface area is 218 Å². The van der Waals surface area contributed by atoms with Gasteiger partial charge in [0.05, 0.1) is 16.1 Å². The van der Waals surface area contributed by atoms with Crippen molar-refractivity contribution in [3.63, 3.8) is 0 Å². The zero-order valence-electron chi connectivity index (χ0n) is 20.8. The molecule has 0 unspecified atom stereocenters. The van der Waals surface area contributed by atoms with Crippen LogP contribution in [0.1, 0.15) is 76.3 Å². The van der Waals surface area contributed by atoms with Crippen LogP contribution in [0.2, 0.25) is 0 Å². The van der Waals surface area contributed by atoms with Crippen molar-refractivity contribution in [3.05, 3.63) is 95.1 Å². The zero-order valence-corrected chi connectivity index (χ0v) is 21.6. The summed E-state index contributed by atoms with van der Waals surface area (Å²) in [6.45, 7) is -0.0276. The third kappa shape index (κ3) is 5.47. The quantitative estimate of drug-likeness (QED) is 0.287. The Balaban J connectivity index is 1.25. The van der Waals surface area contributed by atoms with Crippen molar-refractivity contribution in [1.82, 2.24) is 0 Å². The maximum absolute atomic E-state index is 13.4. The summed E-state index contributed by atoms with van der Waals surface area (Å²) in [5.41, 5.74) is 3.49. The fourth-order valence-electron chi connectivity index (χ4n) is 5.33. The van der Waals surface area contributed by atoms with E-state index in [-0.39, 0.29) is 16.2 Å². The fraction of sp³-hybridized carbons (Fsp3) is 0.333. The molecule has 0 N–H and O–H groups in total. The van der Waals surface area contributed by atoms with Gasteiger partial charge in [-0.3, -0.25) is 9.10 Å². The number of nitrogens with zero attached hydrogens (tertiary/aromatic N) is 1. The summed E-state index contributed by atoms with van der Waals surface area (Å²) < 4.78 is 33.5. The van der Waals surface area contributed by atoms with Crippen molar-refractivity contribution in [3.8, 4) is 0 Å². The van der Waals surface area contributed by atoms with Gasteiger partial charge in [0.2, 0.25) is 0 Å². The van der Waals surface area contributed by atoms with Crippen LogP contribution in [0, 0.1) is 0 Å². The standard InChI is InChI=1S/C30H31NO5S/c32-29(25-17-15-23(16-18-25)22-8-2-1-3-9-22)21-36-30(33)26-11-6-13-27(20-26)37(34,35)31-19-7-12-24-10-4-5-14-28(24)31/h4-6,10-11,13-18,20,22H,1-3,7-9,12,19,21H2. The Morgan fingerprint density at radius 1 is 0.838 bits per heavy atom. The van der Waals surface area contributed by atoms with Crippen LogP contribution >= 0.6 is 0 Å². The lowest BCUT2D eigenvalue weighted by atomic mass is 9.84. The molecule has 1 aliphatic carbocycles. The monoisotopic (exact) mass is 517 g/mol. The number of Topliss-reactive ketones (excluding diaryl/α,β-unsaturated/α-hetero) is 1. The van der Waals surface area contributed by atoms with Gasteiger partial charge < -0.3 is 4.74 Å². The van der Waals surface area contributed by atoms with E-state index in [4.69, 9.17) is 4.74 Å². The minimum absolute atomic E-state index is 0.0169. The second kappa shape index (κ2) is 10.9. The molecule has 3 aromatic rings. The number of para-hydroxylation sites is 1. The molecule has 0 bridgehead atoms. The highest BCUT2D eigenvalue weighted by Gasteiger charge is 2.29. The molecule has 0 spiro atoms. The molecule has 1 fully saturated rings. The Hall–Kier alpha value is -3.45. The number of carbonyl (C=O) groups excluding carboxylic acids is 2. The van der Waals surface area contributed by atoms with E-state index in [9.17, 15) is 18.0 Å². The number of benzene rings is 3. The molecule has 3 aromatic carbocycles. The normalized spacial score (nSPS) is 16.2. The molecule has 1 aliphatic heterocycles. The van der Waals surface area contributed by atoms with E-state index in [2.05, 4.69) is 0 Å². The van der Waals surface area contributed by atoms with Crippen molar-refractivity contribution >= 4 is 27.5 Å². The van der Waals surface area contributed by atoms with Crippen LogP contribution in [-0.4, -0.2) is 33.3 Å². The first kappa shape index (κ1) is 25.2. The molecule has 37 heavy (non-hydrogen) atoms. The van der Waals surface area contributed by atoms with E-state index in [1.165, 1.54) is 66.2 Å². The lowest BCUT2D eigenvalue weighted by Crippen LogP contribution is -2.35. The van der Waals surface area contributed by atoms with Gasteiger partial charge in [-0.25, -0.2) is 13.2 Å². The molecule has 5 rings (SSSR count). The molecule has 192 valence electrons. The average molecular weight is 518 g/mol. The first-order valence-corrected chi connectivity index (χ1v) is 14.4. The van der Waals surface area contributed by atoms with E-state index in [1.807, 2.05) is 30.3 Å². The molecule has 2 aliphatic rings.